The molecule has 1 saturated carbocycles. The molecule has 0 spiro atoms. The van der Waals surface area contributed by atoms with Crippen molar-refractivity contribution in [3.05, 3.63) is 28.0 Å². The zero-order chi connectivity index (χ0) is 14.7. The molecule has 0 radical (unpaired) electrons. The SMILES string of the molecule is COCCN(C(=O)c1cc(Cl)ncc1Cl)C(C)C1CC1. The molecule has 0 N–H and O–H groups in total. The van der Waals surface area contributed by atoms with E-state index in [4.69, 9.17) is 27.9 Å². The highest BCUT2D eigenvalue weighted by molar-refractivity contribution is 6.35. The van der Waals surface area contributed by atoms with E-state index in [0.29, 0.717) is 29.7 Å². The van der Waals surface area contributed by atoms with Gasteiger partial charge in [-0.25, -0.2) is 4.98 Å². The zero-order valence-electron chi connectivity index (χ0n) is 11.6. The number of halogens is 2. The normalized spacial score (nSPS) is 16.0. The molecule has 0 aliphatic heterocycles. The molecule has 1 heterocycles. The third-order valence-corrected chi connectivity index (χ3v) is 4.15. The lowest BCUT2D eigenvalue weighted by molar-refractivity contribution is 0.0594. The summed E-state index contributed by atoms with van der Waals surface area (Å²) in [5.74, 6) is 0.461. The first-order chi connectivity index (χ1) is 9.54. The number of carbonyl (C=O) groups is 1. The Balaban J connectivity index is 2.22. The second-order valence-corrected chi connectivity index (χ2v) is 5.85. The van der Waals surface area contributed by atoms with Gasteiger partial charge in [0.1, 0.15) is 5.15 Å². The number of pyridine rings is 1. The molecule has 1 aromatic heterocycles. The fourth-order valence-corrected chi connectivity index (χ4v) is 2.59. The third kappa shape index (κ3) is 3.62. The maximum atomic E-state index is 12.7. The summed E-state index contributed by atoms with van der Waals surface area (Å²) in [5, 5.41) is 0.591. The van der Waals surface area contributed by atoms with Gasteiger partial charge < -0.3 is 9.64 Å². The van der Waals surface area contributed by atoms with E-state index in [1.807, 2.05) is 4.90 Å². The van der Waals surface area contributed by atoms with Crippen molar-refractivity contribution in [2.45, 2.75) is 25.8 Å². The molecule has 1 fully saturated rings. The van der Waals surface area contributed by atoms with Crippen molar-refractivity contribution in [2.75, 3.05) is 20.3 Å². The van der Waals surface area contributed by atoms with Gasteiger partial charge in [-0.1, -0.05) is 23.2 Å². The molecule has 1 amide bonds. The van der Waals surface area contributed by atoms with Gasteiger partial charge in [-0.05, 0) is 31.7 Å². The smallest absolute Gasteiger partial charge is 0.255 e. The van der Waals surface area contributed by atoms with Crippen LogP contribution >= 0.6 is 23.2 Å². The number of carbonyl (C=O) groups excluding carboxylic acids is 1. The van der Waals surface area contributed by atoms with Crippen LogP contribution in [0.5, 0.6) is 0 Å². The van der Waals surface area contributed by atoms with Crippen molar-refractivity contribution in [3.63, 3.8) is 0 Å². The first-order valence-corrected chi connectivity index (χ1v) is 7.41. The number of ether oxygens (including phenoxy) is 1. The molecular formula is C14H18Cl2N2O2. The fraction of sp³-hybridized carbons (Fsp3) is 0.571. The van der Waals surface area contributed by atoms with Crippen LogP contribution in [0.15, 0.2) is 12.3 Å². The number of aromatic nitrogens is 1. The van der Waals surface area contributed by atoms with E-state index < -0.39 is 0 Å². The minimum absolute atomic E-state index is 0.115. The van der Waals surface area contributed by atoms with Crippen molar-refractivity contribution in [3.8, 4) is 0 Å². The van der Waals surface area contributed by atoms with Crippen LogP contribution in [0, 0.1) is 5.92 Å². The number of methoxy groups -OCH3 is 1. The number of nitrogens with zero attached hydrogens (tertiary/aromatic N) is 2. The van der Waals surface area contributed by atoms with Crippen LogP contribution in [0.3, 0.4) is 0 Å². The van der Waals surface area contributed by atoms with E-state index >= 15 is 0 Å². The van der Waals surface area contributed by atoms with Crippen molar-refractivity contribution in [1.29, 1.82) is 0 Å². The molecule has 1 aliphatic rings. The minimum atomic E-state index is -0.115. The molecule has 1 unspecified atom stereocenters. The maximum Gasteiger partial charge on any atom is 0.255 e. The molecule has 0 saturated heterocycles. The molecule has 1 atom stereocenters. The standard InChI is InChI=1S/C14H18Cl2N2O2/c1-9(10-3-4-10)18(5-6-20-2)14(19)11-7-13(16)17-8-12(11)15/h7-10H,3-6H2,1-2H3. The van der Waals surface area contributed by atoms with Crippen LogP contribution in [0.1, 0.15) is 30.1 Å². The largest absolute Gasteiger partial charge is 0.383 e. The average Bonchev–Trinajstić information content (AvgIpc) is 3.26. The van der Waals surface area contributed by atoms with Gasteiger partial charge in [0.05, 0.1) is 17.2 Å². The van der Waals surface area contributed by atoms with E-state index in [1.165, 1.54) is 25.1 Å². The second-order valence-electron chi connectivity index (χ2n) is 5.06. The van der Waals surface area contributed by atoms with Crippen LogP contribution in [-0.2, 0) is 4.74 Å². The highest BCUT2D eigenvalue weighted by Crippen LogP contribution is 2.36. The summed E-state index contributed by atoms with van der Waals surface area (Å²) in [5.41, 5.74) is 0.398. The molecule has 1 aliphatic carbocycles. The molecule has 6 heteroatoms. The Morgan fingerprint density at radius 3 is 2.85 bits per heavy atom. The lowest BCUT2D eigenvalue weighted by Gasteiger charge is -2.29. The molecule has 110 valence electrons. The highest BCUT2D eigenvalue weighted by atomic mass is 35.5. The number of hydrogen-bond acceptors (Lipinski definition) is 3. The molecule has 20 heavy (non-hydrogen) atoms. The van der Waals surface area contributed by atoms with E-state index in [-0.39, 0.29) is 17.1 Å². The van der Waals surface area contributed by atoms with Crippen molar-refractivity contribution in [2.24, 2.45) is 5.92 Å². The summed E-state index contributed by atoms with van der Waals surface area (Å²) in [6, 6.07) is 1.70. The first kappa shape index (κ1) is 15.5. The average molecular weight is 317 g/mol. The number of amides is 1. The number of hydrogen-bond donors (Lipinski definition) is 0. The quantitative estimate of drug-likeness (QED) is 0.756. The third-order valence-electron chi connectivity index (χ3n) is 3.65. The van der Waals surface area contributed by atoms with Gasteiger partial charge in [-0.2, -0.15) is 0 Å². The summed E-state index contributed by atoms with van der Waals surface area (Å²) >= 11 is 11.9. The fourth-order valence-electron chi connectivity index (χ4n) is 2.24. The van der Waals surface area contributed by atoms with Gasteiger partial charge in [0.2, 0.25) is 0 Å². The summed E-state index contributed by atoms with van der Waals surface area (Å²) < 4.78 is 5.10. The van der Waals surface area contributed by atoms with Gasteiger partial charge in [-0.15, -0.1) is 0 Å². The van der Waals surface area contributed by atoms with Gasteiger partial charge in [0.25, 0.3) is 5.91 Å². The Labute approximate surface area is 129 Å². The van der Waals surface area contributed by atoms with Crippen LogP contribution in [0.2, 0.25) is 10.2 Å². The van der Waals surface area contributed by atoms with E-state index in [9.17, 15) is 4.79 Å². The molecule has 4 nitrogen and oxygen atoms in total. The van der Waals surface area contributed by atoms with Crippen molar-refractivity contribution < 1.29 is 9.53 Å². The molecule has 0 aromatic carbocycles. The summed E-state index contributed by atoms with van der Waals surface area (Å²) in [6.07, 6.45) is 3.75. The van der Waals surface area contributed by atoms with Crippen molar-refractivity contribution in [1.82, 2.24) is 9.88 Å². The van der Waals surface area contributed by atoms with Crippen LogP contribution in [0.4, 0.5) is 0 Å². The van der Waals surface area contributed by atoms with E-state index in [1.54, 1.807) is 7.11 Å². The predicted molar refractivity (Wildman–Crippen MR) is 79.4 cm³/mol. The van der Waals surface area contributed by atoms with Crippen LogP contribution in [0.25, 0.3) is 0 Å². The van der Waals surface area contributed by atoms with E-state index in [0.717, 1.165) is 0 Å². The van der Waals surface area contributed by atoms with Gasteiger partial charge in [0, 0.05) is 25.9 Å². The summed E-state index contributed by atoms with van der Waals surface area (Å²) in [7, 11) is 1.63. The zero-order valence-corrected chi connectivity index (χ0v) is 13.1. The summed E-state index contributed by atoms with van der Waals surface area (Å²) in [6.45, 7) is 3.12. The van der Waals surface area contributed by atoms with Gasteiger partial charge >= 0.3 is 0 Å². The topological polar surface area (TPSA) is 42.4 Å². The maximum absolute atomic E-state index is 12.7. The van der Waals surface area contributed by atoms with Gasteiger partial charge in [0.15, 0.2) is 0 Å². The Kier molecular flexibility index (Phi) is 5.24. The van der Waals surface area contributed by atoms with Crippen molar-refractivity contribution >= 4 is 29.1 Å². The lowest BCUT2D eigenvalue weighted by atomic mass is 10.1. The monoisotopic (exact) mass is 316 g/mol. The number of rotatable bonds is 6. The lowest BCUT2D eigenvalue weighted by Crippen LogP contribution is -2.42. The second kappa shape index (κ2) is 6.74. The molecule has 2 rings (SSSR count). The predicted octanol–water partition coefficient (Wildman–Crippen LogP) is 3.28. The van der Waals surface area contributed by atoms with Crippen LogP contribution in [-0.4, -0.2) is 42.1 Å². The Hall–Kier alpha value is -0.840. The molecule has 0 bridgehead atoms. The molecular weight excluding hydrogens is 299 g/mol. The Morgan fingerprint density at radius 2 is 2.25 bits per heavy atom. The first-order valence-electron chi connectivity index (χ1n) is 6.65. The summed E-state index contributed by atoms with van der Waals surface area (Å²) in [4.78, 5) is 18.4. The van der Waals surface area contributed by atoms with E-state index in [2.05, 4.69) is 11.9 Å². The Bertz CT molecular complexity index is 492. The van der Waals surface area contributed by atoms with Gasteiger partial charge in [-0.3, -0.25) is 4.79 Å². The molecule has 1 aromatic rings. The minimum Gasteiger partial charge on any atom is -0.383 e. The van der Waals surface area contributed by atoms with Crippen LogP contribution < -0.4 is 0 Å². The highest BCUT2D eigenvalue weighted by Gasteiger charge is 2.35. The Morgan fingerprint density at radius 1 is 1.55 bits per heavy atom.